The molecule has 0 bridgehead atoms. The van der Waals surface area contributed by atoms with Gasteiger partial charge in [-0.2, -0.15) is 0 Å². The summed E-state index contributed by atoms with van der Waals surface area (Å²) in [6, 6.07) is 26.5. The normalized spacial score (nSPS) is 13.9. The molecule has 0 aliphatic carbocycles. The zero-order chi connectivity index (χ0) is 27.2. The Morgan fingerprint density at radius 3 is 2.48 bits per heavy atom. The van der Waals surface area contributed by atoms with Gasteiger partial charge in [0.15, 0.2) is 23.0 Å². The fourth-order valence-electron chi connectivity index (χ4n) is 5.48. The molecule has 8 nitrogen and oxygen atoms in total. The number of benzene rings is 4. The van der Waals surface area contributed by atoms with Crippen LogP contribution < -0.4 is 18.9 Å². The molecule has 0 spiro atoms. The second-order valence-corrected chi connectivity index (χ2v) is 9.64. The smallest absolute Gasteiger partial charge is 0.228 e. The Morgan fingerprint density at radius 2 is 1.68 bits per heavy atom. The summed E-state index contributed by atoms with van der Waals surface area (Å²) in [5, 5.41) is 6.92. The molecule has 0 saturated carbocycles. The highest BCUT2D eigenvalue weighted by atomic mass is 16.5. The van der Waals surface area contributed by atoms with Crippen LogP contribution in [0.1, 0.15) is 34.0 Å². The van der Waals surface area contributed by atoms with Gasteiger partial charge in [-0.1, -0.05) is 54.6 Å². The standard InChI is InChI=1S/C32H26N4O4/c1-37-22-12-9-21(10-13-22)28-24-14-11-20-6-4-5-7-23(20)30(24)40-32-29(28)31-34-27(35-36(31)18-33-32)17-19-8-15-25(38-2)26(16-19)39-3/h4-16,18,28H,17H2,1-3H3. The first-order valence-electron chi connectivity index (χ1n) is 13.0. The third-order valence-corrected chi connectivity index (χ3v) is 7.40. The molecule has 0 radical (unpaired) electrons. The molecule has 1 aliphatic heterocycles. The summed E-state index contributed by atoms with van der Waals surface area (Å²) < 4.78 is 24.6. The summed E-state index contributed by atoms with van der Waals surface area (Å²) in [5.41, 5.74) is 4.73. The molecule has 1 aliphatic rings. The number of hydrogen-bond donors (Lipinski definition) is 0. The van der Waals surface area contributed by atoms with Crippen LogP contribution in [0, 0.1) is 0 Å². The molecular weight excluding hydrogens is 504 g/mol. The van der Waals surface area contributed by atoms with E-state index in [1.165, 1.54) is 0 Å². The molecule has 2 aromatic heterocycles. The third-order valence-electron chi connectivity index (χ3n) is 7.40. The number of methoxy groups -OCH3 is 3. The van der Waals surface area contributed by atoms with Crippen molar-refractivity contribution >= 4 is 16.4 Å². The van der Waals surface area contributed by atoms with Crippen LogP contribution in [0.25, 0.3) is 16.4 Å². The van der Waals surface area contributed by atoms with Gasteiger partial charge in [-0.05, 0) is 40.8 Å². The molecule has 0 N–H and O–H groups in total. The van der Waals surface area contributed by atoms with Crippen LogP contribution in [-0.2, 0) is 6.42 Å². The van der Waals surface area contributed by atoms with Crippen LogP contribution in [0.2, 0.25) is 0 Å². The lowest BCUT2D eigenvalue weighted by Crippen LogP contribution is -2.15. The first-order chi connectivity index (χ1) is 19.7. The maximum Gasteiger partial charge on any atom is 0.228 e. The summed E-state index contributed by atoms with van der Waals surface area (Å²) in [7, 11) is 4.92. The monoisotopic (exact) mass is 530 g/mol. The van der Waals surface area contributed by atoms with Gasteiger partial charge in [0.05, 0.1) is 26.9 Å². The van der Waals surface area contributed by atoms with Crippen molar-refractivity contribution in [1.82, 2.24) is 19.6 Å². The van der Waals surface area contributed by atoms with E-state index in [-0.39, 0.29) is 5.92 Å². The topological polar surface area (TPSA) is 80.0 Å². The van der Waals surface area contributed by atoms with Gasteiger partial charge in [0, 0.05) is 23.3 Å². The lowest BCUT2D eigenvalue weighted by molar-refractivity contribution is 0.354. The average molecular weight is 531 g/mol. The van der Waals surface area contributed by atoms with Crippen LogP contribution in [0.3, 0.4) is 0 Å². The third kappa shape index (κ3) is 3.88. The molecule has 198 valence electrons. The Balaban J connectivity index is 1.39. The van der Waals surface area contributed by atoms with Crippen molar-refractivity contribution in [2.24, 2.45) is 0 Å². The maximum atomic E-state index is 6.53. The Bertz CT molecular complexity index is 1880. The van der Waals surface area contributed by atoms with Crippen molar-refractivity contribution in [1.29, 1.82) is 0 Å². The van der Waals surface area contributed by atoms with Crippen molar-refractivity contribution in [3.63, 3.8) is 0 Å². The molecule has 3 heterocycles. The molecule has 1 atom stereocenters. The van der Waals surface area contributed by atoms with E-state index in [2.05, 4.69) is 36.4 Å². The lowest BCUT2D eigenvalue weighted by Gasteiger charge is -2.28. The summed E-state index contributed by atoms with van der Waals surface area (Å²) >= 11 is 0. The predicted molar refractivity (Wildman–Crippen MR) is 151 cm³/mol. The van der Waals surface area contributed by atoms with E-state index < -0.39 is 0 Å². The van der Waals surface area contributed by atoms with E-state index in [1.807, 2.05) is 42.5 Å². The van der Waals surface area contributed by atoms with Gasteiger partial charge in [-0.25, -0.2) is 14.5 Å². The first kappa shape index (κ1) is 24.0. The van der Waals surface area contributed by atoms with Gasteiger partial charge in [0.2, 0.25) is 5.88 Å². The van der Waals surface area contributed by atoms with E-state index in [4.69, 9.17) is 34.0 Å². The first-order valence-corrected chi connectivity index (χ1v) is 13.0. The molecule has 4 aromatic carbocycles. The van der Waals surface area contributed by atoms with E-state index in [1.54, 1.807) is 32.2 Å². The van der Waals surface area contributed by atoms with Gasteiger partial charge < -0.3 is 18.9 Å². The summed E-state index contributed by atoms with van der Waals surface area (Å²) in [5.74, 6) is 3.99. The second kappa shape index (κ2) is 9.57. The summed E-state index contributed by atoms with van der Waals surface area (Å²) in [4.78, 5) is 9.71. The number of aromatic nitrogens is 4. The van der Waals surface area contributed by atoms with Crippen molar-refractivity contribution in [2.45, 2.75) is 12.3 Å². The lowest BCUT2D eigenvalue weighted by atomic mass is 9.83. The largest absolute Gasteiger partial charge is 0.497 e. The minimum atomic E-state index is -0.163. The van der Waals surface area contributed by atoms with E-state index >= 15 is 0 Å². The molecule has 7 rings (SSSR count). The van der Waals surface area contributed by atoms with Crippen LogP contribution in [0.4, 0.5) is 0 Å². The van der Waals surface area contributed by atoms with E-state index in [9.17, 15) is 0 Å². The molecule has 0 saturated heterocycles. The zero-order valence-electron chi connectivity index (χ0n) is 22.3. The van der Waals surface area contributed by atoms with Crippen LogP contribution in [0.15, 0.2) is 85.2 Å². The Morgan fingerprint density at radius 1 is 0.850 bits per heavy atom. The fraction of sp³-hybridized carbons (Fsp3) is 0.156. The highest BCUT2D eigenvalue weighted by molar-refractivity contribution is 5.91. The minimum absolute atomic E-state index is 0.163. The molecule has 6 aromatic rings. The minimum Gasteiger partial charge on any atom is -0.497 e. The van der Waals surface area contributed by atoms with Gasteiger partial charge in [0.25, 0.3) is 0 Å². The number of fused-ring (bicyclic) bond motifs is 6. The maximum absolute atomic E-state index is 6.53. The predicted octanol–water partition coefficient (Wildman–Crippen LogP) is 6.18. The molecule has 8 heteroatoms. The number of nitrogens with zero attached hydrogens (tertiary/aromatic N) is 4. The molecule has 1 unspecified atom stereocenters. The fourth-order valence-corrected chi connectivity index (χ4v) is 5.48. The summed E-state index contributed by atoms with van der Waals surface area (Å²) in [6.45, 7) is 0. The zero-order valence-corrected chi connectivity index (χ0v) is 22.3. The van der Waals surface area contributed by atoms with Gasteiger partial charge in [0.1, 0.15) is 17.8 Å². The number of ether oxygens (including phenoxy) is 4. The van der Waals surface area contributed by atoms with Gasteiger partial charge in [-0.3, -0.25) is 0 Å². The Kier molecular flexibility index (Phi) is 5.73. The van der Waals surface area contributed by atoms with Gasteiger partial charge in [-0.15, -0.1) is 5.10 Å². The highest BCUT2D eigenvalue weighted by Crippen LogP contribution is 2.50. The molecule has 0 fully saturated rings. The van der Waals surface area contributed by atoms with Crippen molar-refractivity contribution in [3.8, 4) is 28.9 Å². The number of hydrogen-bond acceptors (Lipinski definition) is 7. The summed E-state index contributed by atoms with van der Waals surface area (Å²) in [6.07, 6.45) is 2.19. The van der Waals surface area contributed by atoms with Gasteiger partial charge >= 0.3 is 0 Å². The van der Waals surface area contributed by atoms with Crippen molar-refractivity contribution < 1.29 is 18.9 Å². The van der Waals surface area contributed by atoms with Crippen molar-refractivity contribution in [3.05, 3.63) is 113 Å². The molecule has 40 heavy (non-hydrogen) atoms. The van der Waals surface area contributed by atoms with Crippen LogP contribution >= 0.6 is 0 Å². The van der Waals surface area contributed by atoms with Crippen molar-refractivity contribution in [2.75, 3.05) is 21.3 Å². The Hall–Kier alpha value is -5.11. The SMILES string of the molecule is COc1ccc(C2c3ccc4ccccc4c3Oc3ncn4nc(Cc5ccc(OC)c(OC)c5)nc4c32)cc1. The van der Waals surface area contributed by atoms with E-state index in [0.717, 1.165) is 44.5 Å². The van der Waals surface area contributed by atoms with E-state index in [0.29, 0.717) is 35.3 Å². The quantitative estimate of drug-likeness (QED) is 0.254. The Labute approximate surface area is 230 Å². The molecular formula is C32H26N4O4. The number of rotatable bonds is 6. The highest BCUT2D eigenvalue weighted by Gasteiger charge is 2.34. The van der Waals surface area contributed by atoms with Crippen LogP contribution in [0.5, 0.6) is 28.9 Å². The van der Waals surface area contributed by atoms with Crippen LogP contribution in [-0.4, -0.2) is 40.9 Å². The molecule has 0 amide bonds. The average Bonchev–Trinajstić information content (AvgIpc) is 3.42. The second-order valence-electron chi connectivity index (χ2n) is 9.64.